The van der Waals surface area contributed by atoms with Gasteiger partial charge in [-0.2, -0.15) is 0 Å². The largest absolute Gasteiger partial charge is 0.502 e. The van der Waals surface area contributed by atoms with Gasteiger partial charge in [-0.25, -0.2) is 14.4 Å². The Labute approximate surface area is 94.5 Å². The van der Waals surface area contributed by atoms with E-state index in [9.17, 15) is 19.6 Å². The number of benzene rings is 1. The molecular formula is C10H6FN3O3. The fraction of sp³-hybridized carbons (Fsp3) is 0. The molecule has 0 amide bonds. The molecule has 2 aromatic rings. The Hall–Kier alpha value is -2.57. The second-order valence-electron chi connectivity index (χ2n) is 3.16. The van der Waals surface area contributed by atoms with Gasteiger partial charge in [-0.15, -0.1) is 0 Å². The fourth-order valence-corrected chi connectivity index (χ4v) is 1.31. The topological polar surface area (TPSA) is 89.2 Å². The highest BCUT2D eigenvalue weighted by atomic mass is 19.1. The van der Waals surface area contributed by atoms with Crippen LogP contribution >= 0.6 is 0 Å². The summed E-state index contributed by atoms with van der Waals surface area (Å²) in [5, 5.41) is 20.3. The highest BCUT2D eigenvalue weighted by Crippen LogP contribution is 2.34. The van der Waals surface area contributed by atoms with Crippen LogP contribution in [0.25, 0.3) is 11.4 Å². The zero-order valence-corrected chi connectivity index (χ0v) is 8.37. The minimum atomic E-state index is -0.720. The standard InChI is InChI=1S/C10H6FN3O3/c11-6-4-12-10(13-5-6)7-2-1-3-8(9(7)15)14(16)17/h1-5,15H. The van der Waals surface area contributed by atoms with Crippen molar-refractivity contribution in [3.05, 3.63) is 46.5 Å². The summed E-state index contributed by atoms with van der Waals surface area (Å²) in [6.45, 7) is 0. The Kier molecular flexibility index (Phi) is 2.65. The van der Waals surface area contributed by atoms with Crippen molar-refractivity contribution in [1.29, 1.82) is 0 Å². The van der Waals surface area contributed by atoms with Gasteiger partial charge in [0.05, 0.1) is 22.9 Å². The maximum atomic E-state index is 12.6. The van der Waals surface area contributed by atoms with E-state index in [-0.39, 0.29) is 11.4 Å². The van der Waals surface area contributed by atoms with Crippen molar-refractivity contribution in [1.82, 2.24) is 9.97 Å². The van der Waals surface area contributed by atoms with Crippen LogP contribution in [0.4, 0.5) is 10.1 Å². The molecule has 1 aromatic carbocycles. The summed E-state index contributed by atoms with van der Waals surface area (Å²) in [5.41, 5.74) is -0.366. The quantitative estimate of drug-likeness (QED) is 0.634. The average molecular weight is 235 g/mol. The summed E-state index contributed by atoms with van der Waals surface area (Å²) in [7, 11) is 0. The number of nitro benzene ring substituents is 1. The van der Waals surface area contributed by atoms with Crippen LogP contribution < -0.4 is 0 Å². The number of aromatic nitrogens is 2. The predicted molar refractivity (Wildman–Crippen MR) is 55.7 cm³/mol. The number of nitrogens with zero attached hydrogens (tertiary/aromatic N) is 3. The molecule has 0 saturated heterocycles. The van der Waals surface area contributed by atoms with Crippen molar-refractivity contribution in [2.45, 2.75) is 0 Å². The van der Waals surface area contributed by atoms with Gasteiger partial charge in [0.1, 0.15) is 0 Å². The third-order valence-corrected chi connectivity index (χ3v) is 2.07. The summed E-state index contributed by atoms with van der Waals surface area (Å²) in [5.74, 6) is -1.14. The van der Waals surface area contributed by atoms with Crippen LogP contribution in [0.2, 0.25) is 0 Å². The summed E-state index contributed by atoms with van der Waals surface area (Å²) in [6.07, 6.45) is 1.83. The predicted octanol–water partition coefficient (Wildman–Crippen LogP) is 1.90. The normalized spacial score (nSPS) is 10.2. The van der Waals surface area contributed by atoms with Gasteiger partial charge in [0.25, 0.3) is 0 Å². The molecule has 1 heterocycles. The van der Waals surface area contributed by atoms with Crippen molar-refractivity contribution >= 4 is 5.69 Å². The first-order valence-corrected chi connectivity index (χ1v) is 4.54. The maximum absolute atomic E-state index is 12.6. The lowest BCUT2D eigenvalue weighted by molar-refractivity contribution is -0.385. The zero-order chi connectivity index (χ0) is 12.4. The molecule has 6 nitrogen and oxygen atoms in total. The lowest BCUT2D eigenvalue weighted by Gasteiger charge is -2.02. The van der Waals surface area contributed by atoms with E-state index in [0.717, 1.165) is 18.5 Å². The molecule has 86 valence electrons. The molecule has 0 atom stereocenters. The average Bonchev–Trinajstić information content (AvgIpc) is 2.30. The summed E-state index contributed by atoms with van der Waals surface area (Å²) >= 11 is 0. The second-order valence-corrected chi connectivity index (χ2v) is 3.16. The van der Waals surface area contributed by atoms with E-state index in [2.05, 4.69) is 9.97 Å². The van der Waals surface area contributed by atoms with Gasteiger partial charge in [0, 0.05) is 6.07 Å². The zero-order valence-electron chi connectivity index (χ0n) is 8.37. The molecule has 0 aliphatic heterocycles. The molecule has 0 aliphatic carbocycles. The molecule has 2 rings (SSSR count). The Balaban J connectivity index is 2.56. The second kappa shape index (κ2) is 4.12. The van der Waals surface area contributed by atoms with Crippen LogP contribution in [0.5, 0.6) is 5.75 Å². The molecule has 0 aliphatic rings. The van der Waals surface area contributed by atoms with Gasteiger partial charge < -0.3 is 5.11 Å². The van der Waals surface area contributed by atoms with E-state index in [0.29, 0.717) is 0 Å². The van der Waals surface area contributed by atoms with Crippen molar-refractivity contribution < 1.29 is 14.4 Å². The molecule has 0 fully saturated rings. The summed E-state index contributed by atoms with van der Waals surface area (Å²) < 4.78 is 12.6. The third-order valence-electron chi connectivity index (χ3n) is 2.07. The first-order chi connectivity index (χ1) is 8.09. The minimum Gasteiger partial charge on any atom is -0.502 e. The van der Waals surface area contributed by atoms with Gasteiger partial charge in [-0.1, -0.05) is 6.07 Å². The SMILES string of the molecule is O=[N+]([O-])c1cccc(-c2ncc(F)cn2)c1O. The maximum Gasteiger partial charge on any atom is 0.311 e. The first-order valence-electron chi connectivity index (χ1n) is 4.54. The Bertz CT molecular complexity index is 572. The Morgan fingerprint density at radius 1 is 1.29 bits per heavy atom. The molecule has 1 aromatic heterocycles. The van der Waals surface area contributed by atoms with Gasteiger partial charge in [-0.3, -0.25) is 10.1 Å². The molecule has 1 N–H and O–H groups in total. The van der Waals surface area contributed by atoms with Gasteiger partial charge in [0.15, 0.2) is 11.6 Å². The van der Waals surface area contributed by atoms with E-state index in [4.69, 9.17) is 0 Å². The highest BCUT2D eigenvalue weighted by Gasteiger charge is 2.18. The number of nitro groups is 1. The van der Waals surface area contributed by atoms with Crippen LogP contribution in [0.1, 0.15) is 0 Å². The van der Waals surface area contributed by atoms with Crippen molar-refractivity contribution in [3.63, 3.8) is 0 Å². The lowest BCUT2D eigenvalue weighted by Crippen LogP contribution is -1.93. The van der Waals surface area contributed by atoms with E-state index in [1.54, 1.807) is 0 Å². The number of phenolic OH excluding ortho intramolecular Hbond substituents is 1. The van der Waals surface area contributed by atoms with Crippen molar-refractivity contribution in [2.75, 3.05) is 0 Å². The Morgan fingerprint density at radius 2 is 1.94 bits per heavy atom. The van der Waals surface area contributed by atoms with E-state index < -0.39 is 22.2 Å². The number of halogens is 1. The van der Waals surface area contributed by atoms with Crippen molar-refractivity contribution in [3.8, 4) is 17.1 Å². The number of para-hydroxylation sites is 1. The van der Waals surface area contributed by atoms with Crippen molar-refractivity contribution in [2.24, 2.45) is 0 Å². The van der Waals surface area contributed by atoms with Crippen LogP contribution in [-0.4, -0.2) is 20.0 Å². The van der Waals surface area contributed by atoms with Gasteiger partial charge in [0.2, 0.25) is 5.75 Å². The number of phenols is 1. The van der Waals surface area contributed by atoms with Crippen LogP contribution in [-0.2, 0) is 0 Å². The number of hydrogen-bond acceptors (Lipinski definition) is 5. The highest BCUT2D eigenvalue weighted by molar-refractivity contribution is 5.69. The molecule has 0 unspecified atom stereocenters. The number of rotatable bonds is 2. The van der Waals surface area contributed by atoms with Crippen LogP contribution in [0.15, 0.2) is 30.6 Å². The fourth-order valence-electron chi connectivity index (χ4n) is 1.31. The van der Waals surface area contributed by atoms with E-state index >= 15 is 0 Å². The third kappa shape index (κ3) is 2.03. The molecule has 7 heteroatoms. The summed E-state index contributed by atoms with van der Waals surface area (Å²) in [6, 6.07) is 3.96. The first kappa shape index (κ1) is 10.9. The van der Waals surface area contributed by atoms with Gasteiger partial charge in [-0.05, 0) is 6.07 Å². The molecule has 0 saturated carbocycles. The Morgan fingerprint density at radius 3 is 2.53 bits per heavy atom. The van der Waals surface area contributed by atoms with Gasteiger partial charge >= 0.3 is 5.69 Å². The molecule has 0 bridgehead atoms. The number of aromatic hydroxyl groups is 1. The molecular weight excluding hydrogens is 229 g/mol. The molecule has 0 spiro atoms. The molecule has 0 radical (unpaired) electrons. The monoisotopic (exact) mass is 235 g/mol. The van der Waals surface area contributed by atoms with Crippen LogP contribution in [0.3, 0.4) is 0 Å². The minimum absolute atomic E-state index is 0.0209. The van der Waals surface area contributed by atoms with E-state index in [1.807, 2.05) is 0 Å². The molecule has 17 heavy (non-hydrogen) atoms. The van der Waals surface area contributed by atoms with Crippen LogP contribution in [0, 0.1) is 15.9 Å². The smallest absolute Gasteiger partial charge is 0.311 e. The van der Waals surface area contributed by atoms with E-state index in [1.165, 1.54) is 12.1 Å². The summed E-state index contributed by atoms with van der Waals surface area (Å²) in [4.78, 5) is 17.2. The lowest BCUT2D eigenvalue weighted by atomic mass is 10.1. The number of hydrogen-bond donors (Lipinski definition) is 1.